The van der Waals surface area contributed by atoms with Crippen molar-refractivity contribution in [2.24, 2.45) is 0 Å². The molecule has 0 aliphatic carbocycles. The molecule has 0 fully saturated rings. The Bertz CT molecular complexity index is 313. The monoisotopic (exact) mass is 252 g/mol. The molecule has 0 rings (SSSR count). The van der Waals surface area contributed by atoms with Crippen LogP contribution < -0.4 is 0 Å². The van der Waals surface area contributed by atoms with E-state index in [1.165, 1.54) is 4.31 Å². The van der Waals surface area contributed by atoms with Gasteiger partial charge in [-0.15, -0.1) is 0 Å². The lowest BCUT2D eigenvalue weighted by molar-refractivity contribution is -0.134. The van der Waals surface area contributed by atoms with Crippen LogP contribution in [0, 0.1) is 0 Å². The van der Waals surface area contributed by atoms with E-state index in [1.54, 1.807) is 6.92 Å². The van der Waals surface area contributed by atoms with Crippen LogP contribution in [0.2, 0.25) is 0 Å². The molecule has 0 bridgehead atoms. The molecule has 0 saturated heterocycles. The van der Waals surface area contributed by atoms with Crippen molar-refractivity contribution in [3.63, 3.8) is 0 Å². The Labute approximate surface area is 96.9 Å². The summed E-state index contributed by atoms with van der Waals surface area (Å²) >= 11 is 0. The van der Waals surface area contributed by atoms with Gasteiger partial charge >= 0.3 is 5.97 Å². The summed E-state index contributed by atoms with van der Waals surface area (Å²) in [6.45, 7) is 3.15. The summed E-state index contributed by atoms with van der Waals surface area (Å²) in [5.41, 5.74) is 0. The zero-order valence-corrected chi connectivity index (χ0v) is 10.8. The molecule has 16 heavy (non-hydrogen) atoms. The number of carboxylic acids is 1. The highest BCUT2D eigenvalue weighted by Gasteiger charge is 2.23. The zero-order valence-electron chi connectivity index (χ0n) is 10.0. The molecule has 0 aromatic rings. The first-order chi connectivity index (χ1) is 7.29. The fourth-order valence-corrected chi connectivity index (χ4v) is 2.60. The molecule has 7 heteroatoms. The van der Waals surface area contributed by atoms with Gasteiger partial charge in [-0.1, -0.05) is 6.92 Å². The fraction of sp³-hybridized carbons (Fsp3) is 0.889. The first-order valence-electron chi connectivity index (χ1n) is 5.14. The van der Waals surface area contributed by atoms with Crippen molar-refractivity contribution >= 4 is 16.0 Å². The molecule has 0 saturated carbocycles. The van der Waals surface area contributed by atoms with Crippen LogP contribution in [-0.4, -0.2) is 68.2 Å². The predicted octanol–water partition coefficient (Wildman–Crippen LogP) is -0.326. The average molecular weight is 252 g/mol. The van der Waals surface area contributed by atoms with Crippen molar-refractivity contribution < 1.29 is 18.3 Å². The van der Waals surface area contributed by atoms with Gasteiger partial charge in [0.15, 0.2) is 5.75 Å². The van der Waals surface area contributed by atoms with Crippen LogP contribution in [0.25, 0.3) is 0 Å². The van der Waals surface area contributed by atoms with Gasteiger partial charge in [-0.05, 0) is 27.1 Å². The zero-order chi connectivity index (χ0) is 12.8. The third kappa shape index (κ3) is 6.04. The first kappa shape index (κ1) is 15.3. The molecule has 0 heterocycles. The van der Waals surface area contributed by atoms with Crippen LogP contribution in [0.15, 0.2) is 0 Å². The normalized spacial score (nSPS) is 12.3. The highest BCUT2D eigenvalue weighted by Crippen LogP contribution is 2.03. The number of sulfonamides is 1. The van der Waals surface area contributed by atoms with Crippen LogP contribution in [0.1, 0.15) is 13.3 Å². The summed E-state index contributed by atoms with van der Waals surface area (Å²) < 4.78 is 24.4. The molecule has 0 spiro atoms. The predicted molar refractivity (Wildman–Crippen MR) is 61.8 cm³/mol. The Balaban J connectivity index is 4.31. The van der Waals surface area contributed by atoms with Gasteiger partial charge in [-0.3, -0.25) is 4.79 Å². The van der Waals surface area contributed by atoms with E-state index in [-0.39, 0.29) is 0 Å². The second-order valence-corrected chi connectivity index (χ2v) is 5.77. The number of nitrogens with zero attached hydrogens (tertiary/aromatic N) is 2. The standard InChI is InChI=1S/C9H20N2O4S/c1-4-11(7-5-6-10(2)3)16(14,15)8-9(12)13/h4-8H2,1-3H3,(H,12,13). The molecule has 6 nitrogen and oxygen atoms in total. The summed E-state index contributed by atoms with van der Waals surface area (Å²) in [4.78, 5) is 12.4. The number of carbonyl (C=O) groups is 1. The number of hydrogen-bond acceptors (Lipinski definition) is 4. The van der Waals surface area contributed by atoms with E-state index in [0.29, 0.717) is 19.5 Å². The van der Waals surface area contributed by atoms with E-state index in [2.05, 4.69) is 0 Å². The molecule has 0 atom stereocenters. The molecule has 0 aliphatic heterocycles. The minimum Gasteiger partial charge on any atom is -0.480 e. The van der Waals surface area contributed by atoms with Crippen LogP contribution in [-0.2, 0) is 14.8 Å². The summed E-state index contributed by atoms with van der Waals surface area (Å²) in [7, 11) is 0.155. The number of carboxylic acid groups (broad SMARTS) is 1. The average Bonchev–Trinajstić information content (AvgIpc) is 2.09. The lowest BCUT2D eigenvalue weighted by Gasteiger charge is -2.20. The van der Waals surface area contributed by atoms with Crippen LogP contribution in [0.4, 0.5) is 0 Å². The van der Waals surface area contributed by atoms with Crippen molar-refractivity contribution in [1.29, 1.82) is 0 Å². The van der Waals surface area contributed by atoms with E-state index < -0.39 is 21.7 Å². The number of hydrogen-bond donors (Lipinski definition) is 1. The topological polar surface area (TPSA) is 77.9 Å². The molecule has 96 valence electrons. The highest BCUT2D eigenvalue weighted by molar-refractivity contribution is 7.89. The molecule has 0 aromatic heterocycles. The fourth-order valence-electron chi connectivity index (χ4n) is 1.30. The minimum atomic E-state index is -3.65. The van der Waals surface area contributed by atoms with E-state index in [0.717, 1.165) is 6.54 Å². The third-order valence-electron chi connectivity index (χ3n) is 2.06. The van der Waals surface area contributed by atoms with E-state index in [4.69, 9.17) is 5.11 Å². The SMILES string of the molecule is CCN(CCCN(C)C)S(=O)(=O)CC(=O)O. The number of aliphatic carboxylic acids is 1. The second kappa shape index (κ2) is 6.82. The summed E-state index contributed by atoms with van der Waals surface area (Å²) in [6.07, 6.45) is 0.694. The summed E-state index contributed by atoms with van der Waals surface area (Å²) in [5.74, 6) is -2.14. The van der Waals surface area contributed by atoms with Gasteiger partial charge in [0.05, 0.1) is 0 Å². The lowest BCUT2D eigenvalue weighted by atomic mass is 10.4. The van der Waals surface area contributed by atoms with E-state index in [1.807, 2.05) is 19.0 Å². The Kier molecular flexibility index (Phi) is 6.54. The van der Waals surface area contributed by atoms with Gasteiger partial charge in [-0.2, -0.15) is 0 Å². The smallest absolute Gasteiger partial charge is 0.320 e. The van der Waals surface area contributed by atoms with Gasteiger partial charge in [0.1, 0.15) is 0 Å². The Hall–Kier alpha value is -0.660. The highest BCUT2D eigenvalue weighted by atomic mass is 32.2. The van der Waals surface area contributed by atoms with Crippen molar-refractivity contribution in [3.8, 4) is 0 Å². The van der Waals surface area contributed by atoms with Crippen molar-refractivity contribution in [3.05, 3.63) is 0 Å². The summed E-state index contributed by atoms with van der Waals surface area (Å²) in [6, 6.07) is 0. The molecule has 0 aliphatic rings. The Morgan fingerprint density at radius 2 is 1.81 bits per heavy atom. The quantitative estimate of drug-likeness (QED) is 0.640. The molecule has 0 amide bonds. The van der Waals surface area contributed by atoms with Crippen LogP contribution >= 0.6 is 0 Å². The van der Waals surface area contributed by atoms with Gasteiger partial charge in [0.25, 0.3) is 0 Å². The maximum absolute atomic E-state index is 11.6. The number of rotatable bonds is 8. The minimum absolute atomic E-state index is 0.309. The van der Waals surface area contributed by atoms with Gasteiger partial charge in [-0.25, -0.2) is 12.7 Å². The summed E-state index contributed by atoms with van der Waals surface area (Å²) in [5, 5.41) is 8.49. The van der Waals surface area contributed by atoms with Crippen molar-refractivity contribution in [2.45, 2.75) is 13.3 Å². The van der Waals surface area contributed by atoms with E-state index >= 15 is 0 Å². The maximum atomic E-state index is 11.6. The maximum Gasteiger partial charge on any atom is 0.320 e. The largest absolute Gasteiger partial charge is 0.480 e. The first-order valence-corrected chi connectivity index (χ1v) is 6.75. The van der Waals surface area contributed by atoms with Gasteiger partial charge in [0, 0.05) is 13.1 Å². The van der Waals surface area contributed by atoms with Crippen molar-refractivity contribution in [2.75, 3.05) is 39.5 Å². The van der Waals surface area contributed by atoms with Crippen molar-refractivity contribution in [1.82, 2.24) is 9.21 Å². The second-order valence-electron chi connectivity index (χ2n) is 3.80. The van der Waals surface area contributed by atoms with E-state index in [9.17, 15) is 13.2 Å². The molecule has 0 unspecified atom stereocenters. The molecular formula is C9H20N2O4S. The Morgan fingerprint density at radius 3 is 2.19 bits per heavy atom. The lowest BCUT2D eigenvalue weighted by Crippen LogP contribution is -2.37. The van der Waals surface area contributed by atoms with Crippen LogP contribution in [0.5, 0.6) is 0 Å². The molecule has 0 radical (unpaired) electrons. The third-order valence-corrected chi connectivity index (χ3v) is 3.90. The molecular weight excluding hydrogens is 232 g/mol. The Morgan fingerprint density at radius 1 is 1.25 bits per heavy atom. The van der Waals surface area contributed by atoms with Crippen LogP contribution in [0.3, 0.4) is 0 Å². The van der Waals surface area contributed by atoms with Gasteiger partial charge in [0.2, 0.25) is 10.0 Å². The van der Waals surface area contributed by atoms with Gasteiger partial charge < -0.3 is 10.0 Å². The molecule has 1 N–H and O–H groups in total. The molecule has 0 aromatic carbocycles.